The quantitative estimate of drug-likeness (QED) is 0.805. The van der Waals surface area contributed by atoms with Crippen molar-refractivity contribution in [2.24, 2.45) is 0 Å². The van der Waals surface area contributed by atoms with Crippen LogP contribution in [-0.4, -0.2) is 54.8 Å². The molecule has 0 atom stereocenters. The highest BCUT2D eigenvalue weighted by Gasteiger charge is 2.16. The Balaban J connectivity index is 1.65. The lowest BCUT2D eigenvalue weighted by molar-refractivity contribution is -0.135. The summed E-state index contributed by atoms with van der Waals surface area (Å²) in [6.07, 6.45) is 1.06. The van der Waals surface area contributed by atoms with Crippen LogP contribution in [0.25, 0.3) is 0 Å². The smallest absolute Gasteiger partial charge is 0.346 e. The van der Waals surface area contributed by atoms with Gasteiger partial charge >= 0.3 is 5.97 Å². The van der Waals surface area contributed by atoms with E-state index in [-0.39, 0.29) is 10.8 Å². The van der Waals surface area contributed by atoms with E-state index in [4.69, 9.17) is 14.6 Å². The summed E-state index contributed by atoms with van der Waals surface area (Å²) in [6.45, 7) is 2.94. The monoisotopic (exact) mass is 299 g/mol. The first-order valence-electron chi connectivity index (χ1n) is 6.47. The average Bonchev–Trinajstić information content (AvgIpc) is 2.93. The predicted octanol–water partition coefficient (Wildman–Crippen LogP) is 1.46. The van der Waals surface area contributed by atoms with E-state index in [1.807, 2.05) is 0 Å². The van der Waals surface area contributed by atoms with E-state index in [9.17, 15) is 9.59 Å². The zero-order valence-electron chi connectivity index (χ0n) is 11.0. The minimum atomic E-state index is -0.952. The normalized spacial score (nSPS) is 15.1. The van der Waals surface area contributed by atoms with Crippen LogP contribution in [-0.2, 0) is 9.53 Å². The number of rotatable bonds is 6. The first kappa shape index (κ1) is 14.8. The Morgan fingerprint density at radius 2 is 2.15 bits per heavy atom. The minimum absolute atomic E-state index is 0.119. The molecule has 0 saturated carbocycles. The fourth-order valence-electron chi connectivity index (χ4n) is 1.89. The number of hydrogen-bond donors (Lipinski definition) is 1. The fourth-order valence-corrected chi connectivity index (χ4v) is 2.56. The summed E-state index contributed by atoms with van der Waals surface area (Å²) >= 11 is 1.13. The third kappa shape index (κ3) is 4.21. The Morgan fingerprint density at radius 3 is 2.80 bits per heavy atom. The maximum Gasteiger partial charge on any atom is 0.346 e. The summed E-state index contributed by atoms with van der Waals surface area (Å²) in [7, 11) is 0. The van der Waals surface area contributed by atoms with E-state index in [0.29, 0.717) is 51.5 Å². The second-order valence-corrected chi connectivity index (χ2v) is 5.31. The summed E-state index contributed by atoms with van der Waals surface area (Å²) in [4.78, 5) is 24.6. The molecule has 0 unspecified atom stereocenters. The van der Waals surface area contributed by atoms with Gasteiger partial charge in [-0.3, -0.25) is 4.79 Å². The molecule has 1 N–H and O–H groups in total. The van der Waals surface area contributed by atoms with Crippen molar-refractivity contribution in [1.82, 2.24) is 4.90 Å². The molecular formula is C13H17NO5S. The highest BCUT2D eigenvalue weighted by Crippen LogP contribution is 2.21. The highest BCUT2D eigenvalue weighted by molar-refractivity contribution is 7.12. The molecule has 1 aromatic heterocycles. The number of carboxylic acids is 1. The molecule has 0 bridgehead atoms. The van der Waals surface area contributed by atoms with Crippen LogP contribution in [0, 0.1) is 0 Å². The van der Waals surface area contributed by atoms with E-state index in [0.717, 1.165) is 11.3 Å². The molecule has 1 amide bonds. The number of carbonyl (C=O) groups is 2. The molecule has 1 fully saturated rings. The molecule has 0 aliphatic carbocycles. The van der Waals surface area contributed by atoms with Crippen LogP contribution in [0.2, 0.25) is 0 Å². The molecule has 1 saturated heterocycles. The van der Waals surface area contributed by atoms with Gasteiger partial charge in [0.2, 0.25) is 5.91 Å². The van der Waals surface area contributed by atoms with Crippen molar-refractivity contribution in [3.8, 4) is 5.75 Å². The van der Waals surface area contributed by atoms with Gasteiger partial charge in [0.1, 0.15) is 10.6 Å². The second kappa shape index (κ2) is 7.25. The number of carboxylic acid groups (broad SMARTS) is 1. The lowest BCUT2D eigenvalue weighted by Crippen LogP contribution is -2.40. The van der Waals surface area contributed by atoms with Crippen LogP contribution in [0.15, 0.2) is 11.4 Å². The Kier molecular flexibility index (Phi) is 5.37. The molecule has 20 heavy (non-hydrogen) atoms. The Bertz CT molecular complexity index is 467. The van der Waals surface area contributed by atoms with Crippen LogP contribution < -0.4 is 4.74 Å². The average molecular weight is 299 g/mol. The van der Waals surface area contributed by atoms with Gasteiger partial charge in [-0.15, -0.1) is 11.3 Å². The van der Waals surface area contributed by atoms with Gasteiger partial charge in [-0.2, -0.15) is 0 Å². The maximum atomic E-state index is 11.8. The summed E-state index contributed by atoms with van der Waals surface area (Å²) in [5.74, 6) is -0.285. The van der Waals surface area contributed by atoms with Crippen molar-refractivity contribution in [2.45, 2.75) is 12.8 Å². The van der Waals surface area contributed by atoms with E-state index in [2.05, 4.69) is 0 Å². The molecule has 0 spiro atoms. The fraction of sp³-hybridized carbons (Fsp3) is 0.538. The molecule has 2 heterocycles. The molecule has 1 aliphatic rings. The molecule has 0 radical (unpaired) electrons. The van der Waals surface area contributed by atoms with Crippen molar-refractivity contribution in [3.05, 3.63) is 16.3 Å². The van der Waals surface area contributed by atoms with E-state index < -0.39 is 5.97 Å². The number of hydrogen-bond acceptors (Lipinski definition) is 5. The SMILES string of the molecule is O=C(O)c1cc(OCCCC(=O)N2CCOCC2)cs1. The topological polar surface area (TPSA) is 76.1 Å². The molecule has 1 aliphatic heterocycles. The summed E-state index contributed by atoms with van der Waals surface area (Å²) < 4.78 is 10.6. The van der Waals surface area contributed by atoms with Gasteiger partial charge in [0.15, 0.2) is 0 Å². The van der Waals surface area contributed by atoms with Gasteiger partial charge in [0, 0.05) is 31.0 Å². The number of nitrogens with zero attached hydrogens (tertiary/aromatic N) is 1. The molecular weight excluding hydrogens is 282 g/mol. The van der Waals surface area contributed by atoms with Gasteiger partial charge in [-0.05, 0) is 6.42 Å². The number of morpholine rings is 1. The van der Waals surface area contributed by atoms with Crippen molar-refractivity contribution in [3.63, 3.8) is 0 Å². The number of aromatic carboxylic acids is 1. The first-order chi connectivity index (χ1) is 9.66. The first-order valence-corrected chi connectivity index (χ1v) is 7.35. The Hall–Kier alpha value is -1.60. The largest absolute Gasteiger partial charge is 0.493 e. The van der Waals surface area contributed by atoms with Crippen LogP contribution in [0.5, 0.6) is 5.75 Å². The van der Waals surface area contributed by atoms with Crippen LogP contribution in [0.1, 0.15) is 22.5 Å². The third-order valence-corrected chi connectivity index (χ3v) is 3.85. The Labute approximate surface area is 120 Å². The standard InChI is InChI=1S/C13H17NO5S/c15-12(14-3-6-18-7-4-14)2-1-5-19-10-8-11(13(16)17)20-9-10/h8-9H,1-7H2,(H,16,17). The lowest BCUT2D eigenvalue weighted by Gasteiger charge is -2.26. The molecule has 7 heteroatoms. The number of ether oxygens (including phenoxy) is 2. The van der Waals surface area contributed by atoms with Crippen LogP contribution in [0.4, 0.5) is 0 Å². The number of thiophene rings is 1. The van der Waals surface area contributed by atoms with Gasteiger partial charge in [0.05, 0.1) is 19.8 Å². The molecule has 2 rings (SSSR count). The number of carbonyl (C=O) groups excluding carboxylic acids is 1. The Morgan fingerprint density at radius 1 is 1.40 bits per heavy atom. The van der Waals surface area contributed by atoms with Crippen molar-refractivity contribution < 1.29 is 24.2 Å². The molecule has 0 aromatic carbocycles. The van der Waals surface area contributed by atoms with E-state index >= 15 is 0 Å². The summed E-state index contributed by atoms with van der Waals surface area (Å²) in [5, 5.41) is 10.4. The zero-order valence-corrected chi connectivity index (χ0v) is 11.9. The van der Waals surface area contributed by atoms with E-state index in [1.165, 1.54) is 6.07 Å². The minimum Gasteiger partial charge on any atom is -0.493 e. The van der Waals surface area contributed by atoms with Gasteiger partial charge < -0.3 is 19.5 Å². The van der Waals surface area contributed by atoms with Gasteiger partial charge in [-0.1, -0.05) is 0 Å². The van der Waals surface area contributed by atoms with Crippen molar-refractivity contribution in [2.75, 3.05) is 32.9 Å². The maximum absolute atomic E-state index is 11.8. The highest BCUT2D eigenvalue weighted by atomic mass is 32.1. The molecule has 110 valence electrons. The van der Waals surface area contributed by atoms with E-state index in [1.54, 1.807) is 10.3 Å². The molecule has 6 nitrogen and oxygen atoms in total. The zero-order chi connectivity index (χ0) is 14.4. The third-order valence-electron chi connectivity index (χ3n) is 2.95. The van der Waals surface area contributed by atoms with Crippen molar-refractivity contribution >= 4 is 23.2 Å². The molecule has 1 aromatic rings. The lowest BCUT2D eigenvalue weighted by atomic mass is 10.2. The van der Waals surface area contributed by atoms with Crippen LogP contribution >= 0.6 is 11.3 Å². The number of amides is 1. The van der Waals surface area contributed by atoms with Crippen molar-refractivity contribution in [1.29, 1.82) is 0 Å². The van der Waals surface area contributed by atoms with Gasteiger partial charge in [0.25, 0.3) is 0 Å². The summed E-state index contributed by atoms with van der Waals surface area (Å²) in [6, 6.07) is 1.50. The second-order valence-electron chi connectivity index (χ2n) is 4.40. The summed E-state index contributed by atoms with van der Waals surface area (Å²) in [5.41, 5.74) is 0. The predicted molar refractivity (Wildman–Crippen MR) is 73.4 cm³/mol. The van der Waals surface area contributed by atoms with Gasteiger partial charge in [-0.25, -0.2) is 4.79 Å². The van der Waals surface area contributed by atoms with Crippen LogP contribution in [0.3, 0.4) is 0 Å².